The number of hydrogen-bond donors (Lipinski definition) is 3. The van der Waals surface area contributed by atoms with Gasteiger partial charge in [0.15, 0.2) is 9.84 Å². The van der Waals surface area contributed by atoms with E-state index in [4.69, 9.17) is 10.8 Å². The number of carboxylic acids is 1. The minimum atomic E-state index is -3.13. The van der Waals surface area contributed by atoms with E-state index in [1.165, 1.54) is 0 Å². The first-order valence-electron chi connectivity index (χ1n) is 6.09. The lowest BCUT2D eigenvalue weighted by Gasteiger charge is -2.13. The minimum absolute atomic E-state index is 0.0568. The lowest BCUT2D eigenvalue weighted by atomic mass is 10.1. The Hall–Kier alpha value is -1.83. The second-order valence-corrected chi connectivity index (χ2v) is 7.14. The van der Waals surface area contributed by atoms with Gasteiger partial charge in [0.2, 0.25) is 0 Å². The van der Waals surface area contributed by atoms with Crippen LogP contribution in [0.15, 0.2) is 12.1 Å². The van der Waals surface area contributed by atoms with Crippen LogP contribution in [0.3, 0.4) is 0 Å². The molecule has 20 heavy (non-hydrogen) atoms. The number of aromatic carboxylic acids is 1. The highest BCUT2D eigenvalue weighted by Gasteiger charge is 2.31. The Balaban J connectivity index is 2.18. The summed E-state index contributed by atoms with van der Waals surface area (Å²) in [5.41, 5.74) is 4.96. The fourth-order valence-corrected chi connectivity index (χ4v) is 3.99. The molecule has 1 atom stereocenters. The Morgan fingerprint density at radius 3 is 2.75 bits per heavy atom. The van der Waals surface area contributed by atoms with Gasteiger partial charge >= 0.3 is 5.97 Å². The number of halogens is 1. The largest absolute Gasteiger partial charge is 0.478 e. The van der Waals surface area contributed by atoms with Crippen molar-refractivity contribution in [2.24, 2.45) is 0 Å². The van der Waals surface area contributed by atoms with Gasteiger partial charge in [-0.25, -0.2) is 17.6 Å². The lowest BCUT2D eigenvalue weighted by Crippen LogP contribution is -2.25. The molecule has 1 fully saturated rings. The second kappa shape index (κ2) is 5.28. The third-order valence-corrected chi connectivity index (χ3v) is 5.63. The van der Waals surface area contributed by atoms with Crippen molar-refractivity contribution < 1.29 is 22.7 Å². The molecule has 2 rings (SSSR count). The highest BCUT2D eigenvalue weighted by molar-refractivity contribution is 7.92. The SMILES string of the molecule is Nc1cc(F)c(NCC2CCCS2(=O)=O)cc1C(=O)O. The third-order valence-electron chi connectivity index (χ3n) is 3.35. The van der Waals surface area contributed by atoms with Crippen molar-refractivity contribution >= 4 is 27.2 Å². The van der Waals surface area contributed by atoms with E-state index in [1.807, 2.05) is 0 Å². The molecule has 1 aromatic carbocycles. The summed E-state index contributed by atoms with van der Waals surface area (Å²) in [5, 5.41) is 11.0. The van der Waals surface area contributed by atoms with Crippen LogP contribution in [-0.2, 0) is 9.84 Å². The smallest absolute Gasteiger partial charge is 0.337 e. The molecule has 1 saturated heterocycles. The Bertz CT molecular complexity index is 645. The molecule has 8 heteroatoms. The maximum absolute atomic E-state index is 13.7. The van der Waals surface area contributed by atoms with Crippen molar-refractivity contribution in [3.05, 3.63) is 23.5 Å². The molecular weight excluding hydrogens is 287 g/mol. The van der Waals surface area contributed by atoms with E-state index in [0.29, 0.717) is 12.8 Å². The monoisotopic (exact) mass is 302 g/mol. The number of carboxylic acid groups (broad SMARTS) is 1. The predicted molar refractivity (Wildman–Crippen MR) is 73.1 cm³/mol. The highest BCUT2D eigenvalue weighted by atomic mass is 32.2. The van der Waals surface area contributed by atoms with Gasteiger partial charge in [0, 0.05) is 12.2 Å². The van der Waals surface area contributed by atoms with Gasteiger partial charge in [-0.1, -0.05) is 0 Å². The summed E-state index contributed by atoms with van der Waals surface area (Å²) in [4.78, 5) is 10.9. The number of nitrogens with one attached hydrogen (secondary N) is 1. The molecule has 4 N–H and O–H groups in total. The predicted octanol–water partition coefficient (Wildman–Crippen LogP) is 1.10. The van der Waals surface area contributed by atoms with Gasteiger partial charge in [-0.2, -0.15) is 0 Å². The number of hydrogen-bond acceptors (Lipinski definition) is 5. The first-order chi connectivity index (χ1) is 9.31. The maximum Gasteiger partial charge on any atom is 0.337 e. The first-order valence-corrected chi connectivity index (χ1v) is 7.80. The van der Waals surface area contributed by atoms with Gasteiger partial charge in [0.1, 0.15) is 5.82 Å². The van der Waals surface area contributed by atoms with E-state index < -0.39 is 26.9 Å². The summed E-state index contributed by atoms with van der Waals surface area (Å²) in [5.74, 6) is -1.83. The number of nitrogen functional groups attached to an aromatic ring is 1. The normalized spacial score (nSPS) is 20.8. The van der Waals surface area contributed by atoms with Gasteiger partial charge in [-0.05, 0) is 25.0 Å². The van der Waals surface area contributed by atoms with E-state index >= 15 is 0 Å². The lowest BCUT2D eigenvalue weighted by molar-refractivity contribution is 0.0698. The summed E-state index contributed by atoms with van der Waals surface area (Å²) >= 11 is 0. The van der Waals surface area contributed by atoms with Gasteiger partial charge in [-0.3, -0.25) is 0 Å². The van der Waals surface area contributed by atoms with Crippen molar-refractivity contribution in [2.75, 3.05) is 23.3 Å². The first kappa shape index (κ1) is 14.6. The van der Waals surface area contributed by atoms with Crippen LogP contribution >= 0.6 is 0 Å². The zero-order chi connectivity index (χ0) is 14.9. The fraction of sp³-hybridized carbons (Fsp3) is 0.417. The molecule has 0 spiro atoms. The molecular formula is C12H15FN2O4S. The van der Waals surface area contributed by atoms with E-state index in [-0.39, 0.29) is 29.2 Å². The van der Waals surface area contributed by atoms with E-state index in [0.717, 1.165) is 12.1 Å². The van der Waals surface area contributed by atoms with Crippen LogP contribution < -0.4 is 11.1 Å². The van der Waals surface area contributed by atoms with Crippen LogP contribution in [0.1, 0.15) is 23.2 Å². The molecule has 0 aromatic heterocycles. The van der Waals surface area contributed by atoms with Gasteiger partial charge in [-0.15, -0.1) is 0 Å². The van der Waals surface area contributed by atoms with E-state index in [1.54, 1.807) is 0 Å². The molecule has 6 nitrogen and oxygen atoms in total. The summed E-state index contributed by atoms with van der Waals surface area (Å²) in [7, 11) is -3.13. The topological polar surface area (TPSA) is 109 Å². The Labute approximate surface area is 115 Å². The van der Waals surface area contributed by atoms with E-state index in [9.17, 15) is 17.6 Å². The number of anilines is 2. The molecule has 0 amide bonds. The van der Waals surface area contributed by atoms with Crippen LogP contribution in [0.4, 0.5) is 15.8 Å². The molecule has 0 bridgehead atoms. The van der Waals surface area contributed by atoms with Crippen molar-refractivity contribution in [1.82, 2.24) is 0 Å². The number of rotatable bonds is 4. The standard InChI is InChI=1S/C12H15FN2O4S/c13-9-5-10(14)8(12(16)17)4-11(9)15-6-7-2-1-3-20(7,18)19/h4-5,7,15H,1-3,6,14H2,(H,16,17). The van der Waals surface area contributed by atoms with Crippen molar-refractivity contribution in [1.29, 1.82) is 0 Å². The molecule has 0 aliphatic carbocycles. The Kier molecular flexibility index (Phi) is 3.85. The zero-order valence-electron chi connectivity index (χ0n) is 10.6. The van der Waals surface area contributed by atoms with E-state index in [2.05, 4.69) is 5.32 Å². The number of sulfone groups is 1. The average molecular weight is 302 g/mol. The van der Waals surface area contributed by atoms with Crippen LogP contribution in [0.2, 0.25) is 0 Å². The molecule has 1 heterocycles. The van der Waals surface area contributed by atoms with Gasteiger partial charge < -0.3 is 16.2 Å². The second-order valence-electron chi connectivity index (χ2n) is 4.74. The van der Waals surface area contributed by atoms with Crippen molar-refractivity contribution in [3.8, 4) is 0 Å². The summed E-state index contributed by atoms with van der Waals surface area (Å²) < 4.78 is 37.0. The number of nitrogens with two attached hydrogens (primary N) is 1. The maximum atomic E-state index is 13.7. The van der Waals surface area contributed by atoms with Crippen molar-refractivity contribution in [3.63, 3.8) is 0 Å². The highest BCUT2D eigenvalue weighted by Crippen LogP contribution is 2.24. The molecule has 1 aliphatic rings. The summed E-state index contributed by atoms with van der Waals surface area (Å²) in [6, 6.07) is 1.99. The van der Waals surface area contributed by atoms with Crippen LogP contribution in [-0.4, -0.2) is 37.0 Å². The quantitative estimate of drug-likeness (QED) is 0.718. The zero-order valence-corrected chi connectivity index (χ0v) is 11.4. The molecule has 1 aliphatic heterocycles. The fourth-order valence-electron chi connectivity index (χ4n) is 2.22. The summed E-state index contributed by atoms with van der Waals surface area (Å²) in [6.45, 7) is 0.0578. The Morgan fingerprint density at radius 1 is 1.50 bits per heavy atom. The molecule has 1 aromatic rings. The molecule has 0 saturated carbocycles. The summed E-state index contributed by atoms with van der Waals surface area (Å²) in [6.07, 6.45) is 1.12. The van der Waals surface area contributed by atoms with Crippen LogP contribution in [0.25, 0.3) is 0 Å². The van der Waals surface area contributed by atoms with Gasteiger partial charge in [0.05, 0.1) is 22.3 Å². The van der Waals surface area contributed by atoms with Crippen LogP contribution in [0.5, 0.6) is 0 Å². The van der Waals surface area contributed by atoms with Crippen molar-refractivity contribution in [2.45, 2.75) is 18.1 Å². The number of carbonyl (C=O) groups is 1. The van der Waals surface area contributed by atoms with Crippen LogP contribution in [0, 0.1) is 5.82 Å². The van der Waals surface area contributed by atoms with Gasteiger partial charge in [0.25, 0.3) is 0 Å². The Morgan fingerprint density at radius 2 is 2.20 bits per heavy atom. The third kappa shape index (κ3) is 2.84. The number of benzene rings is 1. The molecule has 110 valence electrons. The average Bonchev–Trinajstić information content (AvgIpc) is 2.67. The molecule has 1 unspecified atom stereocenters. The minimum Gasteiger partial charge on any atom is -0.478 e. The molecule has 0 radical (unpaired) electrons.